The zero-order valence-corrected chi connectivity index (χ0v) is 11.2. The van der Waals surface area contributed by atoms with E-state index in [-0.39, 0.29) is 0 Å². The Labute approximate surface area is 109 Å². The number of hydrogen-bond donors (Lipinski definition) is 1. The van der Waals surface area contributed by atoms with Gasteiger partial charge in [-0.15, -0.1) is 0 Å². The van der Waals surface area contributed by atoms with E-state index in [1.54, 1.807) is 7.11 Å². The summed E-state index contributed by atoms with van der Waals surface area (Å²) in [6.07, 6.45) is 0. The summed E-state index contributed by atoms with van der Waals surface area (Å²) in [6, 6.07) is 8.81. The minimum absolute atomic E-state index is 0.521. The average Bonchev–Trinajstić information content (AvgIpc) is 2.40. The molecule has 18 heavy (non-hydrogen) atoms. The van der Waals surface area contributed by atoms with Crippen molar-refractivity contribution in [3.63, 3.8) is 0 Å². The molecule has 1 aliphatic rings. The van der Waals surface area contributed by atoms with Gasteiger partial charge in [0.15, 0.2) is 0 Å². The summed E-state index contributed by atoms with van der Waals surface area (Å²) >= 11 is 0. The van der Waals surface area contributed by atoms with Gasteiger partial charge in [0.1, 0.15) is 12.4 Å². The maximum Gasteiger partial charge on any atom is 0.121 e. The van der Waals surface area contributed by atoms with Crippen molar-refractivity contribution >= 4 is 5.69 Å². The van der Waals surface area contributed by atoms with Gasteiger partial charge in [0.25, 0.3) is 0 Å². The molecule has 0 unspecified atom stereocenters. The van der Waals surface area contributed by atoms with Crippen molar-refractivity contribution in [3.05, 3.63) is 24.3 Å². The van der Waals surface area contributed by atoms with Gasteiger partial charge in [-0.1, -0.05) is 6.07 Å². The molecular formula is C14H22N2O2. The Morgan fingerprint density at radius 2 is 2.28 bits per heavy atom. The molecule has 1 N–H and O–H groups in total. The topological polar surface area (TPSA) is 33.7 Å². The fourth-order valence-corrected chi connectivity index (χ4v) is 2.22. The first-order chi connectivity index (χ1) is 8.81. The lowest BCUT2D eigenvalue weighted by Gasteiger charge is -2.36. The minimum atomic E-state index is 0.521. The lowest BCUT2D eigenvalue weighted by molar-refractivity contribution is 0.146. The molecule has 1 aromatic carbocycles. The molecular weight excluding hydrogens is 228 g/mol. The summed E-state index contributed by atoms with van der Waals surface area (Å²) in [6.45, 7) is 6.58. The first-order valence-electron chi connectivity index (χ1n) is 6.50. The third-order valence-electron chi connectivity index (χ3n) is 3.21. The van der Waals surface area contributed by atoms with Crippen LogP contribution < -0.4 is 15.0 Å². The van der Waals surface area contributed by atoms with Crippen LogP contribution in [0.1, 0.15) is 6.92 Å². The van der Waals surface area contributed by atoms with Crippen molar-refractivity contribution in [1.29, 1.82) is 0 Å². The minimum Gasteiger partial charge on any atom is -0.491 e. The number of anilines is 1. The molecule has 1 fully saturated rings. The third kappa shape index (κ3) is 3.37. The summed E-state index contributed by atoms with van der Waals surface area (Å²) < 4.78 is 10.6. The predicted octanol–water partition coefficient (Wildman–Crippen LogP) is 1.51. The number of methoxy groups -OCH3 is 1. The SMILES string of the molecule is COCCOc1cccc(N2CCNC[C@H]2C)c1. The van der Waals surface area contributed by atoms with Gasteiger partial charge in [0, 0.05) is 44.5 Å². The Morgan fingerprint density at radius 3 is 3.06 bits per heavy atom. The van der Waals surface area contributed by atoms with E-state index < -0.39 is 0 Å². The normalized spacial score (nSPS) is 19.9. The van der Waals surface area contributed by atoms with E-state index in [9.17, 15) is 0 Å². The molecule has 100 valence electrons. The number of nitrogens with zero attached hydrogens (tertiary/aromatic N) is 1. The molecule has 0 aliphatic carbocycles. The number of piperazine rings is 1. The van der Waals surface area contributed by atoms with Gasteiger partial charge in [-0.3, -0.25) is 0 Å². The molecule has 4 heteroatoms. The van der Waals surface area contributed by atoms with Gasteiger partial charge in [-0.05, 0) is 19.1 Å². The molecule has 1 heterocycles. The van der Waals surface area contributed by atoms with Crippen LogP contribution in [0.5, 0.6) is 5.75 Å². The van der Waals surface area contributed by atoms with Crippen molar-refractivity contribution in [2.24, 2.45) is 0 Å². The summed E-state index contributed by atoms with van der Waals surface area (Å²) in [5.74, 6) is 0.912. The van der Waals surface area contributed by atoms with Gasteiger partial charge in [-0.25, -0.2) is 0 Å². The van der Waals surface area contributed by atoms with Crippen LogP contribution in [0.15, 0.2) is 24.3 Å². The molecule has 1 atom stereocenters. The molecule has 0 amide bonds. The summed E-state index contributed by atoms with van der Waals surface area (Å²) in [5, 5.41) is 3.40. The molecule has 1 aromatic rings. The van der Waals surface area contributed by atoms with Crippen molar-refractivity contribution in [2.45, 2.75) is 13.0 Å². The van der Waals surface area contributed by atoms with E-state index >= 15 is 0 Å². The standard InChI is InChI=1S/C14H22N2O2/c1-12-11-15-6-7-16(12)13-4-3-5-14(10-13)18-9-8-17-2/h3-5,10,12,15H,6-9,11H2,1-2H3/t12-/m1/s1. The molecule has 0 spiro atoms. The quantitative estimate of drug-likeness (QED) is 0.803. The molecule has 0 aromatic heterocycles. The zero-order valence-electron chi connectivity index (χ0n) is 11.2. The zero-order chi connectivity index (χ0) is 12.8. The molecule has 2 rings (SSSR count). The van der Waals surface area contributed by atoms with Crippen LogP contribution in [0, 0.1) is 0 Å². The largest absolute Gasteiger partial charge is 0.491 e. The number of hydrogen-bond acceptors (Lipinski definition) is 4. The highest BCUT2D eigenvalue weighted by molar-refractivity contribution is 5.52. The van der Waals surface area contributed by atoms with Crippen LogP contribution in [0.25, 0.3) is 0 Å². The van der Waals surface area contributed by atoms with E-state index in [1.807, 2.05) is 12.1 Å². The molecule has 1 aliphatic heterocycles. The van der Waals surface area contributed by atoms with Crippen LogP contribution in [0.4, 0.5) is 5.69 Å². The Bertz CT molecular complexity index is 371. The van der Waals surface area contributed by atoms with Crippen molar-refractivity contribution in [1.82, 2.24) is 5.32 Å². The Morgan fingerprint density at radius 1 is 1.39 bits per heavy atom. The molecule has 0 bridgehead atoms. The molecule has 4 nitrogen and oxygen atoms in total. The van der Waals surface area contributed by atoms with E-state index in [0.29, 0.717) is 19.3 Å². The summed E-state index contributed by atoms with van der Waals surface area (Å²) in [7, 11) is 1.68. The third-order valence-corrected chi connectivity index (χ3v) is 3.21. The van der Waals surface area contributed by atoms with E-state index in [4.69, 9.17) is 9.47 Å². The predicted molar refractivity (Wildman–Crippen MR) is 73.5 cm³/mol. The number of rotatable bonds is 5. The van der Waals surface area contributed by atoms with Gasteiger partial charge >= 0.3 is 0 Å². The highest BCUT2D eigenvalue weighted by Crippen LogP contribution is 2.23. The van der Waals surface area contributed by atoms with Gasteiger partial charge in [-0.2, -0.15) is 0 Å². The first-order valence-corrected chi connectivity index (χ1v) is 6.50. The Hall–Kier alpha value is -1.26. The van der Waals surface area contributed by atoms with Crippen LogP contribution in [-0.4, -0.2) is 46.0 Å². The molecule has 1 saturated heterocycles. The second kappa shape index (κ2) is 6.61. The molecule has 0 saturated carbocycles. The summed E-state index contributed by atoms with van der Waals surface area (Å²) in [5.41, 5.74) is 1.24. The van der Waals surface area contributed by atoms with Crippen molar-refractivity contribution in [2.75, 3.05) is 44.9 Å². The van der Waals surface area contributed by atoms with Crippen LogP contribution in [0.3, 0.4) is 0 Å². The van der Waals surface area contributed by atoms with Gasteiger partial charge in [0.05, 0.1) is 6.61 Å². The monoisotopic (exact) mass is 250 g/mol. The molecule has 0 radical (unpaired) electrons. The van der Waals surface area contributed by atoms with E-state index in [2.05, 4.69) is 29.3 Å². The Balaban J connectivity index is 2.01. The van der Waals surface area contributed by atoms with E-state index in [0.717, 1.165) is 25.4 Å². The number of nitrogens with one attached hydrogen (secondary N) is 1. The smallest absolute Gasteiger partial charge is 0.121 e. The summed E-state index contributed by atoms with van der Waals surface area (Å²) in [4.78, 5) is 2.42. The number of benzene rings is 1. The van der Waals surface area contributed by atoms with Gasteiger partial charge in [0.2, 0.25) is 0 Å². The van der Waals surface area contributed by atoms with Crippen molar-refractivity contribution in [3.8, 4) is 5.75 Å². The Kier molecular flexibility index (Phi) is 4.84. The van der Waals surface area contributed by atoms with Gasteiger partial charge < -0.3 is 19.7 Å². The van der Waals surface area contributed by atoms with Crippen molar-refractivity contribution < 1.29 is 9.47 Å². The van der Waals surface area contributed by atoms with Crippen LogP contribution >= 0.6 is 0 Å². The lowest BCUT2D eigenvalue weighted by atomic mass is 10.2. The maximum absolute atomic E-state index is 5.65. The second-order valence-corrected chi connectivity index (χ2v) is 4.59. The lowest BCUT2D eigenvalue weighted by Crippen LogP contribution is -2.49. The second-order valence-electron chi connectivity index (χ2n) is 4.59. The van der Waals surface area contributed by atoms with E-state index in [1.165, 1.54) is 5.69 Å². The van der Waals surface area contributed by atoms with Crippen LogP contribution in [0.2, 0.25) is 0 Å². The first kappa shape index (κ1) is 13.2. The maximum atomic E-state index is 5.65. The highest BCUT2D eigenvalue weighted by Gasteiger charge is 2.18. The van der Waals surface area contributed by atoms with Crippen LogP contribution in [-0.2, 0) is 4.74 Å². The fraction of sp³-hybridized carbons (Fsp3) is 0.571. The average molecular weight is 250 g/mol. The fourth-order valence-electron chi connectivity index (χ4n) is 2.22. The number of ether oxygens (including phenoxy) is 2. The highest BCUT2D eigenvalue weighted by atomic mass is 16.5.